The maximum atomic E-state index is 9.65. The van der Waals surface area contributed by atoms with Gasteiger partial charge in [0, 0.05) is 31.7 Å². The number of ether oxygens (including phenoxy) is 1. The van der Waals surface area contributed by atoms with Gasteiger partial charge in [0.2, 0.25) is 0 Å². The van der Waals surface area contributed by atoms with Gasteiger partial charge in [-0.25, -0.2) is 0 Å². The summed E-state index contributed by atoms with van der Waals surface area (Å²) in [5.41, 5.74) is 0.694. The van der Waals surface area contributed by atoms with Crippen LogP contribution in [-0.4, -0.2) is 54.5 Å². The fourth-order valence-electron chi connectivity index (χ4n) is 2.08. The summed E-state index contributed by atoms with van der Waals surface area (Å²) in [5, 5.41) is 22.3. The molecule has 1 aliphatic rings. The van der Waals surface area contributed by atoms with Crippen LogP contribution in [0.5, 0.6) is 11.5 Å². The standard InChI is InChI=1S/C13H20N2O3/c1-15-5-6-18-11(9-15)8-14-7-10-3-2-4-12(16)13(10)17/h2-4,11,14,16-17H,5-9H2,1H3. The van der Waals surface area contributed by atoms with Gasteiger partial charge in [0.15, 0.2) is 11.5 Å². The maximum Gasteiger partial charge on any atom is 0.161 e. The Morgan fingerprint density at radius 2 is 2.28 bits per heavy atom. The number of likely N-dealkylation sites (N-methyl/N-ethyl adjacent to an activating group) is 1. The molecule has 0 aromatic heterocycles. The van der Waals surface area contributed by atoms with Gasteiger partial charge in [0.05, 0.1) is 12.7 Å². The Bertz CT molecular complexity index is 398. The largest absolute Gasteiger partial charge is 0.504 e. The molecule has 0 aliphatic carbocycles. The van der Waals surface area contributed by atoms with E-state index < -0.39 is 0 Å². The molecule has 1 saturated heterocycles. The van der Waals surface area contributed by atoms with E-state index in [1.807, 2.05) is 0 Å². The van der Waals surface area contributed by atoms with E-state index in [1.165, 1.54) is 6.07 Å². The zero-order valence-electron chi connectivity index (χ0n) is 10.6. The van der Waals surface area contributed by atoms with Crippen molar-refractivity contribution in [3.05, 3.63) is 23.8 Å². The summed E-state index contributed by atoms with van der Waals surface area (Å²) in [6, 6.07) is 4.98. The van der Waals surface area contributed by atoms with Gasteiger partial charge in [-0.3, -0.25) is 0 Å². The van der Waals surface area contributed by atoms with Crippen LogP contribution in [-0.2, 0) is 11.3 Å². The van der Waals surface area contributed by atoms with E-state index in [0.29, 0.717) is 12.1 Å². The van der Waals surface area contributed by atoms with Gasteiger partial charge in [-0.15, -0.1) is 0 Å². The SMILES string of the molecule is CN1CCOC(CNCc2cccc(O)c2O)C1. The molecule has 0 saturated carbocycles. The molecule has 5 nitrogen and oxygen atoms in total. The van der Waals surface area contributed by atoms with Crippen LogP contribution in [0.3, 0.4) is 0 Å². The third kappa shape index (κ3) is 3.35. The Hall–Kier alpha value is -1.30. The van der Waals surface area contributed by atoms with Crippen LogP contribution in [0, 0.1) is 0 Å². The topological polar surface area (TPSA) is 65.0 Å². The molecule has 1 aliphatic heterocycles. The lowest BCUT2D eigenvalue weighted by Crippen LogP contribution is -2.44. The smallest absolute Gasteiger partial charge is 0.161 e. The van der Waals surface area contributed by atoms with Crippen LogP contribution in [0.2, 0.25) is 0 Å². The van der Waals surface area contributed by atoms with E-state index in [1.54, 1.807) is 12.1 Å². The van der Waals surface area contributed by atoms with Gasteiger partial charge in [0.25, 0.3) is 0 Å². The molecule has 2 rings (SSSR count). The first-order valence-corrected chi connectivity index (χ1v) is 6.17. The van der Waals surface area contributed by atoms with E-state index in [0.717, 1.165) is 26.2 Å². The molecule has 18 heavy (non-hydrogen) atoms. The van der Waals surface area contributed by atoms with Crippen molar-refractivity contribution < 1.29 is 14.9 Å². The van der Waals surface area contributed by atoms with Crippen LogP contribution < -0.4 is 5.32 Å². The van der Waals surface area contributed by atoms with Crippen molar-refractivity contribution in [3.8, 4) is 11.5 Å². The van der Waals surface area contributed by atoms with Gasteiger partial charge in [0.1, 0.15) is 0 Å². The number of phenolic OH excluding ortho intramolecular Hbond substituents is 2. The second-order valence-electron chi connectivity index (χ2n) is 4.67. The minimum absolute atomic E-state index is 0.0494. The van der Waals surface area contributed by atoms with Gasteiger partial charge < -0.3 is 25.2 Å². The zero-order valence-corrected chi connectivity index (χ0v) is 10.6. The summed E-state index contributed by atoms with van der Waals surface area (Å²) in [7, 11) is 2.08. The van der Waals surface area contributed by atoms with Gasteiger partial charge in [-0.1, -0.05) is 12.1 Å². The molecule has 1 unspecified atom stereocenters. The molecule has 1 aromatic carbocycles. The van der Waals surface area contributed by atoms with Crippen LogP contribution in [0.4, 0.5) is 0 Å². The Morgan fingerprint density at radius 3 is 3.06 bits per heavy atom. The number of nitrogens with zero attached hydrogens (tertiary/aromatic N) is 1. The van der Waals surface area contributed by atoms with Crippen molar-refractivity contribution in [2.45, 2.75) is 12.6 Å². The number of phenols is 2. The van der Waals surface area contributed by atoms with E-state index in [4.69, 9.17) is 4.74 Å². The number of nitrogens with one attached hydrogen (secondary N) is 1. The summed E-state index contributed by atoms with van der Waals surface area (Å²) in [6.07, 6.45) is 0.184. The number of para-hydroxylation sites is 1. The van der Waals surface area contributed by atoms with Gasteiger partial charge in [-0.05, 0) is 13.1 Å². The Morgan fingerprint density at radius 1 is 1.44 bits per heavy atom. The molecule has 1 aromatic rings. The normalized spacial score (nSPS) is 21.1. The molecular weight excluding hydrogens is 232 g/mol. The van der Waals surface area contributed by atoms with Crippen LogP contribution in [0.1, 0.15) is 5.56 Å². The quantitative estimate of drug-likeness (QED) is 0.682. The highest BCUT2D eigenvalue weighted by Gasteiger charge is 2.17. The minimum atomic E-state index is -0.0806. The molecule has 3 N–H and O–H groups in total. The second kappa shape index (κ2) is 6.04. The lowest BCUT2D eigenvalue weighted by molar-refractivity contribution is -0.0182. The van der Waals surface area contributed by atoms with Crippen molar-refractivity contribution in [2.75, 3.05) is 33.3 Å². The Labute approximate surface area is 107 Å². The third-order valence-corrected chi connectivity index (χ3v) is 3.13. The summed E-state index contributed by atoms with van der Waals surface area (Å²) < 4.78 is 5.62. The fraction of sp³-hybridized carbons (Fsp3) is 0.538. The van der Waals surface area contributed by atoms with Crippen molar-refractivity contribution in [3.63, 3.8) is 0 Å². The van der Waals surface area contributed by atoms with Crippen molar-refractivity contribution >= 4 is 0 Å². The van der Waals surface area contributed by atoms with Crippen LogP contribution in [0.25, 0.3) is 0 Å². The minimum Gasteiger partial charge on any atom is -0.504 e. The van der Waals surface area contributed by atoms with Crippen molar-refractivity contribution in [1.82, 2.24) is 10.2 Å². The molecule has 1 heterocycles. The van der Waals surface area contributed by atoms with E-state index in [2.05, 4.69) is 17.3 Å². The average molecular weight is 252 g/mol. The molecular formula is C13H20N2O3. The summed E-state index contributed by atoms with van der Waals surface area (Å²) >= 11 is 0. The third-order valence-electron chi connectivity index (χ3n) is 3.13. The molecule has 1 atom stereocenters. The number of hydrogen-bond donors (Lipinski definition) is 3. The number of rotatable bonds is 4. The average Bonchev–Trinajstić information content (AvgIpc) is 2.35. The number of hydrogen-bond acceptors (Lipinski definition) is 5. The second-order valence-corrected chi connectivity index (χ2v) is 4.67. The molecule has 0 radical (unpaired) electrons. The predicted molar refractivity (Wildman–Crippen MR) is 68.7 cm³/mol. The highest BCUT2D eigenvalue weighted by Crippen LogP contribution is 2.27. The molecule has 5 heteroatoms. The van der Waals surface area contributed by atoms with E-state index >= 15 is 0 Å². The zero-order chi connectivity index (χ0) is 13.0. The van der Waals surface area contributed by atoms with Gasteiger partial charge >= 0.3 is 0 Å². The lowest BCUT2D eigenvalue weighted by Gasteiger charge is -2.30. The highest BCUT2D eigenvalue weighted by atomic mass is 16.5. The van der Waals surface area contributed by atoms with Crippen molar-refractivity contribution in [1.29, 1.82) is 0 Å². The van der Waals surface area contributed by atoms with E-state index in [-0.39, 0.29) is 17.6 Å². The molecule has 0 amide bonds. The monoisotopic (exact) mass is 252 g/mol. The Balaban J connectivity index is 1.79. The summed E-state index contributed by atoms with van der Waals surface area (Å²) in [5.74, 6) is -0.130. The van der Waals surface area contributed by atoms with Gasteiger partial charge in [-0.2, -0.15) is 0 Å². The first-order valence-electron chi connectivity index (χ1n) is 6.17. The molecule has 0 spiro atoms. The van der Waals surface area contributed by atoms with Crippen molar-refractivity contribution in [2.24, 2.45) is 0 Å². The summed E-state index contributed by atoms with van der Waals surface area (Å²) in [6.45, 7) is 3.91. The number of aromatic hydroxyl groups is 2. The van der Waals surface area contributed by atoms with E-state index in [9.17, 15) is 10.2 Å². The first-order chi connectivity index (χ1) is 8.66. The fourth-order valence-corrected chi connectivity index (χ4v) is 2.08. The maximum absolute atomic E-state index is 9.65. The molecule has 1 fully saturated rings. The lowest BCUT2D eigenvalue weighted by atomic mass is 10.2. The number of morpholine rings is 1. The molecule has 100 valence electrons. The Kier molecular flexibility index (Phi) is 4.41. The first kappa shape index (κ1) is 13.1. The van der Waals surface area contributed by atoms with Crippen LogP contribution >= 0.6 is 0 Å². The highest BCUT2D eigenvalue weighted by molar-refractivity contribution is 5.44. The number of benzene rings is 1. The van der Waals surface area contributed by atoms with Crippen LogP contribution in [0.15, 0.2) is 18.2 Å². The predicted octanol–water partition coefficient (Wildman–Crippen LogP) is 0.518. The summed E-state index contributed by atoms with van der Waals surface area (Å²) in [4.78, 5) is 2.24. The molecule has 0 bridgehead atoms.